The smallest absolute Gasteiger partial charge is 0.407 e. The fourth-order valence-corrected chi connectivity index (χ4v) is 1.91. The summed E-state index contributed by atoms with van der Waals surface area (Å²) in [6.07, 6.45) is 2.19. The van der Waals surface area contributed by atoms with Gasteiger partial charge in [0.05, 0.1) is 0 Å². The van der Waals surface area contributed by atoms with E-state index < -0.39 is 11.7 Å². The number of aryl methyl sites for hydroxylation is 1. The second-order valence-corrected chi connectivity index (χ2v) is 6.12. The molecule has 0 spiro atoms. The molecule has 0 aliphatic heterocycles. The molecule has 1 aromatic rings. The Morgan fingerprint density at radius 1 is 1.53 bits per heavy atom. The Hall–Kier alpha value is -1.24. The fraction of sp³-hybridized carbons (Fsp3) is 0.667. The first-order chi connectivity index (χ1) is 8.70. The number of amides is 1. The largest absolute Gasteiger partial charge is 0.444 e. The van der Waals surface area contributed by atoms with Crippen LogP contribution >= 0.6 is 15.9 Å². The molecule has 0 aliphatic rings. The van der Waals surface area contributed by atoms with Crippen LogP contribution in [0.25, 0.3) is 0 Å². The highest BCUT2D eigenvalue weighted by Gasteiger charge is 2.15. The van der Waals surface area contributed by atoms with E-state index in [1.54, 1.807) is 4.57 Å². The van der Waals surface area contributed by atoms with Gasteiger partial charge in [0.1, 0.15) is 10.2 Å². The Labute approximate surface area is 121 Å². The topological polar surface area (TPSA) is 72.0 Å². The third-order valence-electron chi connectivity index (χ3n) is 2.42. The highest BCUT2D eigenvalue weighted by molar-refractivity contribution is 9.10. The quantitative estimate of drug-likeness (QED) is 0.827. The molecule has 0 saturated heterocycles. The van der Waals surface area contributed by atoms with E-state index in [-0.39, 0.29) is 0 Å². The summed E-state index contributed by atoms with van der Waals surface area (Å²) in [7, 11) is 1.82. The van der Waals surface area contributed by atoms with Crippen LogP contribution in [-0.2, 0) is 18.3 Å². The van der Waals surface area contributed by atoms with Gasteiger partial charge in [-0.3, -0.25) is 5.41 Å². The van der Waals surface area contributed by atoms with E-state index in [9.17, 15) is 4.79 Å². The molecule has 0 fully saturated rings. The molecule has 0 atom stereocenters. The van der Waals surface area contributed by atoms with E-state index in [4.69, 9.17) is 10.1 Å². The van der Waals surface area contributed by atoms with Gasteiger partial charge in [-0.15, -0.1) is 0 Å². The van der Waals surface area contributed by atoms with Gasteiger partial charge in [-0.25, -0.2) is 4.79 Å². The highest BCUT2D eigenvalue weighted by Crippen LogP contribution is 2.07. The number of halogens is 1. The summed E-state index contributed by atoms with van der Waals surface area (Å²) in [6, 6.07) is 0. The lowest BCUT2D eigenvalue weighted by Gasteiger charge is -2.19. The summed E-state index contributed by atoms with van der Waals surface area (Å²) in [5.74, 6) is 0. The lowest BCUT2D eigenvalue weighted by Crippen LogP contribution is -2.33. The minimum Gasteiger partial charge on any atom is -0.444 e. The zero-order valence-electron chi connectivity index (χ0n) is 11.8. The number of nitrogens with zero attached hydrogens (tertiary/aromatic N) is 2. The van der Waals surface area contributed by atoms with Crippen molar-refractivity contribution in [1.82, 2.24) is 14.5 Å². The first kappa shape index (κ1) is 15.8. The standard InChI is InChI=1S/C12H21BrN4O2/c1-12(2,3)19-11(18)15-6-5-7-17-8-9(13)16(4)10(17)14/h8,14H,5-7H2,1-4H3,(H,15,18). The number of imidazole rings is 1. The maximum Gasteiger partial charge on any atom is 0.407 e. The zero-order chi connectivity index (χ0) is 14.6. The van der Waals surface area contributed by atoms with Gasteiger partial charge in [0, 0.05) is 26.3 Å². The maximum atomic E-state index is 11.4. The fourth-order valence-electron chi connectivity index (χ4n) is 1.49. The first-order valence-corrected chi connectivity index (χ1v) is 6.93. The van der Waals surface area contributed by atoms with Crippen molar-refractivity contribution >= 4 is 22.0 Å². The second-order valence-electron chi connectivity index (χ2n) is 5.31. The van der Waals surface area contributed by atoms with E-state index in [0.29, 0.717) is 18.7 Å². The molecule has 2 N–H and O–H groups in total. The van der Waals surface area contributed by atoms with Crippen LogP contribution in [0.2, 0.25) is 0 Å². The number of alkyl carbamates (subject to hydrolysis) is 1. The van der Waals surface area contributed by atoms with Crippen LogP contribution in [0.3, 0.4) is 0 Å². The number of hydrogen-bond acceptors (Lipinski definition) is 3. The summed E-state index contributed by atoms with van der Waals surface area (Å²) < 4.78 is 9.55. The van der Waals surface area contributed by atoms with Gasteiger partial charge in [0.15, 0.2) is 0 Å². The van der Waals surface area contributed by atoms with Gasteiger partial charge in [-0.2, -0.15) is 0 Å². The van der Waals surface area contributed by atoms with Gasteiger partial charge >= 0.3 is 6.09 Å². The number of aromatic nitrogens is 2. The molecule has 7 heteroatoms. The Balaban J connectivity index is 2.34. The van der Waals surface area contributed by atoms with Crippen LogP contribution in [0.15, 0.2) is 10.8 Å². The molecule has 6 nitrogen and oxygen atoms in total. The summed E-state index contributed by atoms with van der Waals surface area (Å²) >= 11 is 3.36. The van der Waals surface area contributed by atoms with Crippen LogP contribution < -0.4 is 10.9 Å². The van der Waals surface area contributed by atoms with E-state index >= 15 is 0 Å². The average Bonchev–Trinajstić information content (AvgIpc) is 2.50. The Morgan fingerprint density at radius 3 is 2.63 bits per heavy atom. The first-order valence-electron chi connectivity index (χ1n) is 6.14. The Kier molecular flexibility index (Phi) is 5.22. The van der Waals surface area contributed by atoms with Crippen molar-refractivity contribution in [1.29, 1.82) is 5.41 Å². The minimum absolute atomic E-state index is 0.405. The molecule has 0 aromatic carbocycles. The van der Waals surface area contributed by atoms with Crippen molar-refractivity contribution in [3.05, 3.63) is 16.4 Å². The van der Waals surface area contributed by atoms with Crippen LogP contribution in [0.1, 0.15) is 27.2 Å². The normalized spacial score (nSPS) is 11.4. The maximum absolute atomic E-state index is 11.4. The third-order valence-corrected chi connectivity index (χ3v) is 3.15. The Bertz CT molecular complexity index is 499. The van der Waals surface area contributed by atoms with Crippen molar-refractivity contribution in [3.8, 4) is 0 Å². The van der Waals surface area contributed by atoms with Gasteiger partial charge in [0.25, 0.3) is 0 Å². The zero-order valence-corrected chi connectivity index (χ0v) is 13.4. The van der Waals surface area contributed by atoms with Crippen LogP contribution in [0.4, 0.5) is 4.79 Å². The van der Waals surface area contributed by atoms with E-state index in [2.05, 4.69) is 21.2 Å². The lowest BCUT2D eigenvalue weighted by molar-refractivity contribution is 0.0526. The third kappa shape index (κ3) is 5.10. The molecule has 0 aliphatic carbocycles. The van der Waals surface area contributed by atoms with E-state index in [1.807, 2.05) is 38.6 Å². The summed E-state index contributed by atoms with van der Waals surface area (Å²) in [6.45, 7) is 6.69. The molecule has 1 rings (SSSR count). The van der Waals surface area contributed by atoms with Crippen LogP contribution in [-0.4, -0.2) is 27.4 Å². The van der Waals surface area contributed by atoms with Gasteiger partial charge in [-0.1, -0.05) is 0 Å². The lowest BCUT2D eigenvalue weighted by atomic mass is 10.2. The number of carbonyl (C=O) groups is 1. The van der Waals surface area contributed by atoms with Crippen LogP contribution in [0, 0.1) is 5.41 Å². The molecule has 108 valence electrons. The number of hydrogen-bond donors (Lipinski definition) is 2. The van der Waals surface area contributed by atoms with Gasteiger partial charge < -0.3 is 19.2 Å². The molecule has 1 aromatic heterocycles. The second kappa shape index (κ2) is 6.27. The van der Waals surface area contributed by atoms with Crippen molar-refractivity contribution in [3.63, 3.8) is 0 Å². The van der Waals surface area contributed by atoms with Crippen molar-refractivity contribution in [2.75, 3.05) is 6.54 Å². The molecule has 0 radical (unpaired) electrons. The number of nitrogens with one attached hydrogen (secondary N) is 2. The monoisotopic (exact) mass is 332 g/mol. The molecule has 19 heavy (non-hydrogen) atoms. The molecule has 1 heterocycles. The van der Waals surface area contributed by atoms with Crippen molar-refractivity contribution < 1.29 is 9.53 Å². The van der Waals surface area contributed by atoms with Crippen molar-refractivity contribution in [2.45, 2.75) is 39.3 Å². The summed E-state index contributed by atoms with van der Waals surface area (Å²) in [5.41, 5.74) is -0.0542. The number of ether oxygens (including phenoxy) is 1. The van der Waals surface area contributed by atoms with E-state index in [0.717, 1.165) is 11.0 Å². The van der Waals surface area contributed by atoms with E-state index in [1.165, 1.54) is 0 Å². The molecular weight excluding hydrogens is 312 g/mol. The molecular formula is C12H21BrN4O2. The molecule has 1 amide bonds. The van der Waals surface area contributed by atoms with Crippen molar-refractivity contribution in [2.24, 2.45) is 7.05 Å². The summed E-state index contributed by atoms with van der Waals surface area (Å²) in [4.78, 5) is 11.4. The SMILES string of the molecule is Cn1c(Br)cn(CCCNC(=O)OC(C)(C)C)c1=N. The number of rotatable bonds is 4. The molecule has 0 unspecified atom stereocenters. The van der Waals surface area contributed by atoms with Gasteiger partial charge in [-0.05, 0) is 43.1 Å². The number of carbonyl (C=O) groups excluding carboxylic acids is 1. The summed E-state index contributed by atoms with van der Waals surface area (Å²) in [5, 5.41) is 10.5. The molecule has 0 saturated carbocycles. The molecule has 0 bridgehead atoms. The minimum atomic E-state index is -0.475. The highest BCUT2D eigenvalue weighted by atomic mass is 79.9. The van der Waals surface area contributed by atoms with Crippen LogP contribution in [0.5, 0.6) is 0 Å². The predicted octanol–water partition coefficient (Wildman–Crippen LogP) is 1.98. The van der Waals surface area contributed by atoms with Gasteiger partial charge in [0.2, 0.25) is 5.62 Å². The predicted molar refractivity (Wildman–Crippen MR) is 75.8 cm³/mol. The average molecular weight is 333 g/mol. The Morgan fingerprint density at radius 2 is 2.16 bits per heavy atom.